The number of hydrogen-bond donors (Lipinski definition) is 0. The summed E-state index contributed by atoms with van der Waals surface area (Å²) in [6.07, 6.45) is 4.31. The summed E-state index contributed by atoms with van der Waals surface area (Å²) >= 11 is 1.54. The van der Waals surface area contributed by atoms with Gasteiger partial charge in [-0.2, -0.15) is 0 Å². The number of aryl methyl sites for hydroxylation is 1. The molecule has 0 bridgehead atoms. The number of hydrogen-bond acceptors (Lipinski definition) is 4. The summed E-state index contributed by atoms with van der Waals surface area (Å²) < 4.78 is 18.5. The quantitative estimate of drug-likeness (QED) is 0.662. The molecule has 2 aromatic heterocycles. The molecule has 0 amide bonds. The molecule has 106 valence electrons. The molecule has 21 heavy (non-hydrogen) atoms. The van der Waals surface area contributed by atoms with Crippen LogP contribution in [-0.2, 0) is 6.42 Å². The molecule has 0 aliphatic heterocycles. The molecular formula is C16H13FN2OS. The molecule has 0 N–H and O–H groups in total. The van der Waals surface area contributed by atoms with Crippen molar-refractivity contribution in [3.63, 3.8) is 0 Å². The first-order chi connectivity index (χ1) is 10.3. The van der Waals surface area contributed by atoms with Crippen LogP contribution in [0.2, 0.25) is 0 Å². The highest BCUT2D eigenvalue weighted by molar-refractivity contribution is 7.99. The highest BCUT2D eigenvalue weighted by Crippen LogP contribution is 2.25. The van der Waals surface area contributed by atoms with Gasteiger partial charge in [0.05, 0.1) is 6.20 Å². The predicted molar refractivity (Wildman–Crippen MR) is 80.6 cm³/mol. The van der Waals surface area contributed by atoms with Crippen molar-refractivity contribution in [2.24, 2.45) is 0 Å². The highest BCUT2D eigenvalue weighted by Gasteiger charge is 2.07. The summed E-state index contributed by atoms with van der Waals surface area (Å²) in [7, 11) is 0. The Morgan fingerprint density at radius 3 is 2.67 bits per heavy atom. The average molecular weight is 300 g/mol. The summed E-state index contributed by atoms with van der Waals surface area (Å²) in [6, 6.07) is 12.1. The van der Waals surface area contributed by atoms with Crippen molar-refractivity contribution in [3.05, 3.63) is 66.4 Å². The van der Waals surface area contributed by atoms with Crippen molar-refractivity contribution in [2.45, 2.75) is 11.6 Å². The first kappa shape index (κ1) is 13.8. The first-order valence-electron chi connectivity index (χ1n) is 6.56. The Morgan fingerprint density at radius 1 is 1.05 bits per heavy atom. The SMILES string of the molecule is Fc1ccc(-c2cnc(SCCc3ccccn3)o2)cc1. The second kappa shape index (κ2) is 6.54. The van der Waals surface area contributed by atoms with Crippen molar-refractivity contribution in [1.82, 2.24) is 9.97 Å². The molecule has 1 aromatic carbocycles. The van der Waals surface area contributed by atoms with Crippen molar-refractivity contribution in [1.29, 1.82) is 0 Å². The van der Waals surface area contributed by atoms with Gasteiger partial charge in [0.2, 0.25) is 0 Å². The van der Waals surface area contributed by atoms with Gasteiger partial charge < -0.3 is 4.42 Å². The molecule has 2 heterocycles. The number of nitrogens with zero attached hydrogens (tertiary/aromatic N) is 2. The number of benzene rings is 1. The highest BCUT2D eigenvalue weighted by atomic mass is 32.2. The van der Waals surface area contributed by atoms with Gasteiger partial charge in [0.15, 0.2) is 5.76 Å². The van der Waals surface area contributed by atoms with Gasteiger partial charge >= 0.3 is 0 Å². The van der Waals surface area contributed by atoms with Crippen LogP contribution in [0.3, 0.4) is 0 Å². The Morgan fingerprint density at radius 2 is 1.90 bits per heavy atom. The molecule has 3 aromatic rings. The molecule has 3 nitrogen and oxygen atoms in total. The summed E-state index contributed by atoms with van der Waals surface area (Å²) in [5, 5.41) is 0.616. The molecular weight excluding hydrogens is 287 g/mol. The maximum absolute atomic E-state index is 12.9. The minimum atomic E-state index is -0.261. The lowest BCUT2D eigenvalue weighted by molar-refractivity contribution is 0.466. The molecule has 0 saturated carbocycles. The standard InChI is InChI=1S/C16H13FN2OS/c17-13-6-4-12(5-7-13)15-11-19-16(20-15)21-10-8-14-3-1-2-9-18-14/h1-7,9,11H,8,10H2. The van der Waals surface area contributed by atoms with E-state index in [9.17, 15) is 4.39 Å². The van der Waals surface area contributed by atoms with Crippen molar-refractivity contribution in [2.75, 3.05) is 5.75 Å². The molecule has 0 radical (unpaired) electrons. The third kappa shape index (κ3) is 3.70. The lowest BCUT2D eigenvalue weighted by Crippen LogP contribution is -1.91. The first-order valence-corrected chi connectivity index (χ1v) is 7.54. The lowest BCUT2D eigenvalue weighted by Gasteiger charge is -1.98. The lowest BCUT2D eigenvalue weighted by atomic mass is 10.2. The smallest absolute Gasteiger partial charge is 0.256 e. The number of halogens is 1. The zero-order valence-corrected chi connectivity index (χ0v) is 12.0. The minimum Gasteiger partial charge on any atom is -0.431 e. The molecule has 0 spiro atoms. The van der Waals surface area contributed by atoms with E-state index in [1.807, 2.05) is 18.2 Å². The zero-order valence-electron chi connectivity index (χ0n) is 11.2. The Kier molecular flexibility index (Phi) is 4.31. The van der Waals surface area contributed by atoms with Crippen LogP contribution in [0.4, 0.5) is 4.39 Å². The van der Waals surface area contributed by atoms with E-state index >= 15 is 0 Å². The molecule has 0 atom stereocenters. The number of aromatic nitrogens is 2. The minimum absolute atomic E-state index is 0.261. The fourth-order valence-electron chi connectivity index (χ4n) is 1.86. The second-order valence-electron chi connectivity index (χ2n) is 4.42. The van der Waals surface area contributed by atoms with E-state index in [0.29, 0.717) is 11.0 Å². The van der Waals surface area contributed by atoms with Gasteiger partial charge in [0.1, 0.15) is 5.82 Å². The van der Waals surface area contributed by atoms with Crippen LogP contribution in [0.25, 0.3) is 11.3 Å². The van der Waals surface area contributed by atoms with Crippen LogP contribution in [0, 0.1) is 5.82 Å². The predicted octanol–water partition coefficient (Wildman–Crippen LogP) is 4.21. The molecule has 3 rings (SSSR count). The molecule has 5 heteroatoms. The zero-order chi connectivity index (χ0) is 14.5. The molecule has 0 saturated heterocycles. The summed E-state index contributed by atoms with van der Waals surface area (Å²) in [5.41, 5.74) is 1.87. The number of oxazole rings is 1. The van der Waals surface area contributed by atoms with E-state index in [1.165, 1.54) is 12.1 Å². The monoisotopic (exact) mass is 300 g/mol. The molecule has 0 aliphatic rings. The molecule has 0 fully saturated rings. The topological polar surface area (TPSA) is 38.9 Å². The fourth-order valence-corrected chi connectivity index (χ4v) is 2.62. The summed E-state index contributed by atoms with van der Waals surface area (Å²) in [4.78, 5) is 8.50. The Labute approximate surface area is 126 Å². The van der Waals surface area contributed by atoms with Crippen LogP contribution >= 0.6 is 11.8 Å². The Bertz CT molecular complexity index is 698. The van der Waals surface area contributed by atoms with Gasteiger partial charge in [0.25, 0.3) is 5.22 Å². The van der Waals surface area contributed by atoms with Gasteiger partial charge in [-0.15, -0.1) is 0 Å². The van der Waals surface area contributed by atoms with Gasteiger partial charge in [-0.05, 0) is 42.8 Å². The van der Waals surface area contributed by atoms with Crippen molar-refractivity contribution >= 4 is 11.8 Å². The van der Waals surface area contributed by atoms with Gasteiger partial charge in [0, 0.05) is 23.2 Å². The number of thioether (sulfide) groups is 1. The normalized spacial score (nSPS) is 10.7. The Balaban J connectivity index is 1.59. The van der Waals surface area contributed by atoms with Crippen LogP contribution in [0.1, 0.15) is 5.69 Å². The number of rotatable bonds is 5. The van der Waals surface area contributed by atoms with Crippen molar-refractivity contribution < 1.29 is 8.81 Å². The van der Waals surface area contributed by atoms with E-state index in [2.05, 4.69) is 9.97 Å². The van der Waals surface area contributed by atoms with Gasteiger partial charge in [-0.1, -0.05) is 17.8 Å². The third-order valence-corrected chi connectivity index (χ3v) is 3.77. The van der Waals surface area contributed by atoms with E-state index in [1.54, 1.807) is 36.3 Å². The fraction of sp³-hybridized carbons (Fsp3) is 0.125. The van der Waals surface area contributed by atoms with Crippen LogP contribution < -0.4 is 0 Å². The van der Waals surface area contributed by atoms with Crippen LogP contribution in [0.15, 0.2) is 64.5 Å². The Hall–Kier alpha value is -2.14. The van der Waals surface area contributed by atoms with Gasteiger partial charge in [-0.25, -0.2) is 9.37 Å². The van der Waals surface area contributed by atoms with E-state index in [-0.39, 0.29) is 5.82 Å². The van der Waals surface area contributed by atoms with Gasteiger partial charge in [-0.3, -0.25) is 4.98 Å². The molecule has 0 aliphatic carbocycles. The third-order valence-electron chi connectivity index (χ3n) is 2.92. The largest absolute Gasteiger partial charge is 0.431 e. The van der Waals surface area contributed by atoms with Crippen LogP contribution in [-0.4, -0.2) is 15.7 Å². The average Bonchev–Trinajstić information content (AvgIpc) is 2.98. The maximum Gasteiger partial charge on any atom is 0.256 e. The van der Waals surface area contributed by atoms with Crippen LogP contribution in [0.5, 0.6) is 0 Å². The van der Waals surface area contributed by atoms with Crippen molar-refractivity contribution in [3.8, 4) is 11.3 Å². The molecule has 0 unspecified atom stereocenters. The van der Waals surface area contributed by atoms with E-state index < -0.39 is 0 Å². The number of pyridine rings is 1. The van der Waals surface area contributed by atoms with E-state index in [0.717, 1.165) is 23.4 Å². The second-order valence-corrected chi connectivity index (χ2v) is 5.46. The summed E-state index contributed by atoms with van der Waals surface area (Å²) in [5.74, 6) is 1.24. The summed E-state index contributed by atoms with van der Waals surface area (Å²) in [6.45, 7) is 0. The maximum atomic E-state index is 12.9. The van der Waals surface area contributed by atoms with E-state index in [4.69, 9.17) is 4.42 Å².